The highest BCUT2D eigenvalue weighted by molar-refractivity contribution is 7.11. The highest BCUT2D eigenvalue weighted by Crippen LogP contribution is 2.08. The Kier molecular flexibility index (Phi) is 3.85. The van der Waals surface area contributed by atoms with Crippen molar-refractivity contribution < 1.29 is 4.79 Å². The van der Waals surface area contributed by atoms with Gasteiger partial charge >= 0.3 is 0 Å². The zero-order valence-corrected chi connectivity index (χ0v) is 10.1. The molecule has 1 N–H and O–H groups in total. The van der Waals surface area contributed by atoms with Crippen LogP contribution in [0.15, 0.2) is 40.1 Å². The third-order valence-electron chi connectivity index (χ3n) is 1.84. The van der Waals surface area contributed by atoms with Crippen LogP contribution in [0.5, 0.6) is 0 Å². The Bertz CT molecular complexity index is 460. The molecule has 0 bridgehead atoms. The number of hydrogen-bond donors (Lipinski definition) is 1. The minimum absolute atomic E-state index is 0.0877. The second-order valence-electron chi connectivity index (χ2n) is 3.06. The zero-order chi connectivity index (χ0) is 11.2. The molecule has 2 rings (SSSR count). The molecule has 0 saturated heterocycles. The molecule has 1 amide bonds. The van der Waals surface area contributed by atoms with Gasteiger partial charge in [-0.25, -0.2) is 5.43 Å². The van der Waals surface area contributed by atoms with Gasteiger partial charge in [-0.05, 0) is 22.9 Å². The normalized spacial score (nSPS) is 10.8. The van der Waals surface area contributed by atoms with Crippen LogP contribution >= 0.6 is 22.7 Å². The summed E-state index contributed by atoms with van der Waals surface area (Å²) in [6, 6.07) is 7.76. The highest BCUT2D eigenvalue weighted by atomic mass is 32.1. The zero-order valence-electron chi connectivity index (χ0n) is 8.42. The van der Waals surface area contributed by atoms with Crippen LogP contribution in [0, 0.1) is 0 Å². The van der Waals surface area contributed by atoms with Crippen molar-refractivity contribution in [3.63, 3.8) is 0 Å². The van der Waals surface area contributed by atoms with Gasteiger partial charge in [0.15, 0.2) is 0 Å². The third kappa shape index (κ3) is 3.29. The largest absolute Gasteiger partial charge is 0.273 e. The number of carbonyl (C=O) groups excluding carboxylic acids is 1. The van der Waals surface area contributed by atoms with Crippen molar-refractivity contribution in [2.24, 2.45) is 5.10 Å². The average Bonchev–Trinajstić information content (AvgIpc) is 2.90. The van der Waals surface area contributed by atoms with Crippen molar-refractivity contribution in [3.05, 3.63) is 44.8 Å². The number of hydrogen-bond acceptors (Lipinski definition) is 4. The number of rotatable bonds is 4. The Morgan fingerprint density at radius 2 is 2.12 bits per heavy atom. The number of nitrogens with one attached hydrogen (secondary N) is 1. The van der Waals surface area contributed by atoms with Crippen LogP contribution in [-0.4, -0.2) is 12.1 Å². The fourth-order valence-corrected chi connectivity index (χ4v) is 2.43. The van der Waals surface area contributed by atoms with Gasteiger partial charge in [0, 0.05) is 9.75 Å². The fourth-order valence-electron chi connectivity index (χ4n) is 1.14. The van der Waals surface area contributed by atoms with Crippen LogP contribution in [0.3, 0.4) is 0 Å². The van der Waals surface area contributed by atoms with Crippen LogP contribution in [0.4, 0.5) is 0 Å². The fraction of sp³-hybridized carbons (Fsp3) is 0.0909. The molecule has 82 valence electrons. The van der Waals surface area contributed by atoms with E-state index in [0.717, 1.165) is 9.75 Å². The molecule has 0 saturated carbocycles. The molecule has 3 nitrogen and oxygen atoms in total. The van der Waals surface area contributed by atoms with Gasteiger partial charge < -0.3 is 0 Å². The van der Waals surface area contributed by atoms with Gasteiger partial charge in [0.25, 0.3) is 0 Å². The maximum atomic E-state index is 11.4. The number of thiophene rings is 2. The predicted octanol–water partition coefficient (Wildman–Crippen LogP) is 2.50. The van der Waals surface area contributed by atoms with Crippen molar-refractivity contribution in [1.82, 2.24) is 5.43 Å². The molecule has 0 spiro atoms. The monoisotopic (exact) mass is 250 g/mol. The summed E-state index contributed by atoms with van der Waals surface area (Å²) in [7, 11) is 0. The molecule has 0 aliphatic rings. The first kappa shape index (κ1) is 11.0. The smallest absolute Gasteiger partial charge is 0.245 e. The van der Waals surface area contributed by atoms with E-state index in [0.29, 0.717) is 6.42 Å². The molecule has 0 aliphatic carbocycles. The summed E-state index contributed by atoms with van der Waals surface area (Å²) in [5.41, 5.74) is 2.50. The van der Waals surface area contributed by atoms with Gasteiger partial charge in [-0.15, -0.1) is 22.7 Å². The van der Waals surface area contributed by atoms with Crippen molar-refractivity contribution >= 4 is 34.8 Å². The van der Waals surface area contributed by atoms with Crippen LogP contribution in [-0.2, 0) is 11.2 Å². The summed E-state index contributed by atoms with van der Waals surface area (Å²) in [5, 5.41) is 7.81. The van der Waals surface area contributed by atoms with Crippen LogP contribution in [0.1, 0.15) is 9.75 Å². The topological polar surface area (TPSA) is 41.5 Å². The van der Waals surface area contributed by atoms with Crippen LogP contribution in [0.2, 0.25) is 0 Å². The van der Waals surface area contributed by atoms with Crippen molar-refractivity contribution in [2.45, 2.75) is 6.42 Å². The molecular weight excluding hydrogens is 240 g/mol. The molecule has 0 atom stereocenters. The Morgan fingerprint density at radius 3 is 2.81 bits per heavy atom. The van der Waals surface area contributed by atoms with Gasteiger partial charge in [-0.2, -0.15) is 5.10 Å². The van der Waals surface area contributed by atoms with E-state index in [-0.39, 0.29) is 5.91 Å². The van der Waals surface area contributed by atoms with E-state index in [1.807, 2.05) is 35.0 Å². The summed E-state index contributed by atoms with van der Waals surface area (Å²) in [6.45, 7) is 0. The molecule has 16 heavy (non-hydrogen) atoms. The first-order valence-electron chi connectivity index (χ1n) is 4.72. The quantitative estimate of drug-likeness (QED) is 0.657. The van der Waals surface area contributed by atoms with Crippen LogP contribution < -0.4 is 5.43 Å². The molecule has 2 aromatic rings. The van der Waals surface area contributed by atoms with E-state index in [2.05, 4.69) is 10.5 Å². The predicted molar refractivity (Wildman–Crippen MR) is 68.1 cm³/mol. The van der Waals surface area contributed by atoms with E-state index in [1.165, 1.54) is 0 Å². The molecular formula is C11H10N2OS2. The second kappa shape index (κ2) is 5.58. The minimum Gasteiger partial charge on any atom is -0.273 e. The molecule has 0 unspecified atom stereocenters. The lowest BCUT2D eigenvalue weighted by molar-refractivity contribution is -0.120. The summed E-state index contributed by atoms with van der Waals surface area (Å²) in [6.07, 6.45) is 2.04. The Balaban J connectivity index is 1.80. The van der Waals surface area contributed by atoms with Gasteiger partial charge in [-0.1, -0.05) is 12.1 Å². The molecule has 0 radical (unpaired) electrons. The Morgan fingerprint density at radius 1 is 1.31 bits per heavy atom. The van der Waals surface area contributed by atoms with Gasteiger partial charge in [-0.3, -0.25) is 4.79 Å². The first-order chi connectivity index (χ1) is 7.84. The second-order valence-corrected chi connectivity index (χ2v) is 5.08. The van der Waals surface area contributed by atoms with Crippen molar-refractivity contribution in [3.8, 4) is 0 Å². The van der Waals surface area contributed by atoms with Gasteiger partial charge in [0.1, 0.15) is 0 Å². The van der Waals surface area contributed by atoms with Crippen molar-refractivity contribution in [2.75, 3.05) is 0 Å². The number of hydrazone groups is 1. The molecule has 0 aromatic carbocycles. The van der Waals surface area contributed by atoms with Gasteiger partial charge in [0.05, 0.1) is 12.6 Å². The van der Waals surface area contributed by atoms with E-state index in [1.54, 1.807) is 28.9 Å². The molecule has 2 aromatic heterocycles. The number of carbonyl (C=O) groups is 1. The molecule has 5 heteroatoms. The summed E-state index contributed by atoms with van der Waals surface area (Å²) >= 11 is 3.15. The maximum Gasteiger partial charge on any atom is 0.245 e. The Hall–Kier alpha value is -1.46. The summed E-state index contributed by atoms with van der Waals surface area (Å²) in [5.74, 6) is -0.0877. The van der Waals surface area contributed by atoms with Crippen LogP contribution in [0.25, 0.3) is 0 Å². The molecule has 0 aliphatic heterocycles. The van der Waals surface area contributed by atoms with E-state index >= 15 is 0 Å². The summed E-state index contributed by atoms with van der Waals surface area (Å²) < 4.78 is 0. The maximum absolute atomic E-state index is 11.4. The minimum atomic E-state index is -0.0877. The first-order valence-corrected chi connectivity index (χ1v) is 6.48. The third-order valence-corrected chi connectivity index (χ3v) is 3.52. The average molecular weight is 250 g/mol. The standard InChI is InChI=1S/C11H10N2OS2/c14-11(7-9-3-1-5-15-9)13-12-8-10-4-2-6-16-10/h1-6,8H,7H2,(H,13,14). The lowest BCUT2D eigenvalue weighted by Gasteiger charge is -1.96. The van der Waals surface area contributed by atoms with Crippen molar-refractivity contribution in [1.29, 1.82) is 0 Å². The molecule has 0 fully saturated rings. The van der Waals surface area contributed by atoms with E-state index in [9.17, 15) is 4.79 Å². The SMILES string of the molecule is O=C(Cc1cccs1)NN=Cc1cccs1. The highest BCUT2D eigenvalue weighted by Gasteiger charge is 2.01. The summed E-state index contributed by atoms with van der Waals surface area (Å²) in [4.78, 5) is 13.5. The van der Waals surface area contributed by atoms with E-state index in [4.69, 9.17) is 0 Å². The Labute approximate surface area is 101 Å². The van der Waals surface area contributed by atoms with E-state index < -0.39 is 0 Å². The lowest BCUT2D eigenvalue weighted by Crippen LogP contribution is -2.19. The lowest BCUT2D eigenvalue weighted by atomic mass is 10.3. The van der Waals surface area contributed by atoms with Gasteiger partial charge in [0.2, 0.25) is 5.91 Å². The number of amides is 1. The number of nitrogens with zero attached hydrogens (tertiary/aromatic N) is 1. The molecule has 2 heterocycles.